The normalized spacial score (nSPS) is 19.0. The molecular formula is C17H31N3O. The summed E-state index contributed by atoms with van der Waals surface area (Å²) >= 11 is 0. The van der Waals surface area contributed by atoms with Gasteiger partial charge in [0.2, 0.25) is 5.88 Å². The van der Waals surface area contributed by atoms with E-state index in [0.717, 1.165) is 31.8 Å². The van der Waals surface area contributed by atoms with E-state index in [0.29, 0.717) is 6.04 Å². The fourth-order valence-corrected chi connectivity index (χ4v) is 3.11. The molecule has 0 aromatic carbocycles. The smallest absolute Gasteiger partial charge is 0.215 e. The molecule has 0 spiro atoms. The lowest BCUT2D eigenvalue weighted by Crippen LogP contribution is -2.46. The zero-order chi connectivity index (χ0) is 15.8. The van der Waals surface area contributed by atoms with Gasteiger partial charge in [0.1, 0.15) is 0 Å². The average molecular weight is 293 g/mol. The number of likely N-dealkylation sites (tertiary alicyclic amines) is 1. The van der Waals surface area contributed by atoms with Gasteiger partial charge >= 0.3 is 0 Å². The monoisotopic (exact) mass is 293 g/mol. The minimum atomic E-state index is 0.0652. The molecule has 4 nitrogen and oxygen atoms in total. The summed E-state index contributed by atoms with van der Waals surface area (Å²) in [5, 5.41) is 4.64. The minimum Gasteiger partial charge on any atom is -0.481 e. The molecule has 0 bridgehead atoms. The fraction of sp³-hybridized carbons (Fsp3) is 0.824. The molecule has 1 aromatic rings. The van der Waals surface area contributed by atoms with Crippen LogP contribution in [0.4, 0.5) is 0 Å². The van der Waals surface area contributed by atoms with Gasteiger partial charge in [0, 0.05) is 24.2 Å². The van der Waals surface area contributed by atoms with Crippen molar-refractivity contribution < 1.29 is 4.74 Å². The van der Waals surface area contributed by atoms with E-state index >= 15 is 0 Å². The zero-order valence-corrected chi connectivity index (χ0v) is 14.7. The number of methoxy groups -OCH3 is 1. The molecule has 0 N–H and O–H groups in total. The van der Waals surface area contributed by atoms with Crippen molar-refractivity contribution in [2.24, 2.45) is 0 Å². The van der Waals surface area contributed by atoms with Crippen LogP contribution in [0.25, 0.3) is 0 Å². The van der Waals surface area contributed by atoms with Gasteiger partial charge in [0.25, 0.3) is 0 Å². The minimum absolute atomic E-state index is 0.0652. The van der Waals surface area contributed by atoms with Crippen LogP contribution in [0.15, 0.2) is 6.20 Å². The highest BCUT2D eigenvalue weighted by molar-refractivity contribution is 5.31. The molecular weight excluding hydrogens is 262 g/mol. The Labute approximate surface area is 129 Å². The van der Waals surface area contributed by atoms with Crippen LogP contribution < -0.4 is 4.74 Å². The number of nitrogens with zero attached hydrogens (tertiary/aromatic N) is 3. The predicted molar refractivity (Wildman–Crippen MR) is 87.1 cm³/mol. The fourth-order valence-electron chi connectivity index (χ4n) is 3.11. The Morgan fingerprint density at radius 3 is 2.10 bits per heavy atom. The average Bonchev–Trinajstić information content (AvgIpc) is 2.81. The summed E-state index contributed by atoms with van der Waals surface area (Å²) in [5.41, 5.74) is 1.52. The second-order valence-corrected chi connectivity index (χ2v) is 8.15. The molecule has 2 rings (SSSR count). The van der Waals surface area contributed by atoms with Crippen LogP contribution in [-0.2, 0) is 5.41 Å². The molecule has 0 amide bonds. The molecule has 4 heteroatoms. The Kier molecular flexibility index (Phi) is 4.39. The first-order valence-corrected chi connectivity index (χ1v) is 8.01. The molecule has 0 aliphatic carbocycles. The third kappa shape index (κ3) is 3.42. The summed E-state index contributed by atoms with van der Waals surface area (Å²) in [6.45, 7) is 15.7. The van der Waals surface area contributed by atoms with Gasteiger partial charge in [-0.3, -0.25) is 4.90 Å². The van der Waals surface area contributed by atoms with Crippen LogP contribution in [0.3, 0.4) is 0 Å². The second kappa shape index (κ2) is 5.64. The first kappa shape index (κ1) is 16.3. The maximum absolute atomic E-state index is 5.68. The number of hydrogen-bond acceptors (Lipinski definition) is 3. The molecule has 1 saturated heterocycles. The van der Waals surface area contributed by atoms with Crippen molar-refractivity contribution in [1.29, 1.82) is 0 Å². The lowest BCUT2D eigenvalue weighted by Gasteiger charge is -2.41. The van der Waals surface area contributed by atoms with Gasteiger partial charge in [-0.15, -0.1) is 0 Å². The molecule has 0 unspecified atom stereocenters. The van der Waals surface area contributed by atoms with Gasteiger partial charge in [-0.05, 0) is 39.0 Å². The topological polar surface area (TPSA) is 30.3 Å². The molecule has 0 atom stereocenters. The number of hydrogen-bond donors (Lipinski definition) is 0. The van der Waals surface area contributed by atoms with Crippen molar-refractivity contribution >= 4 is 0 Å². The van der Waals surface area contributed by atoms with Crippen LogP contribution >= 0.6 is 0 Å². The molecule has 1 aromatic heterocycles. The number of aromatic nitrogens is 2. The van der Waals surface area contributed by atoms with E-state index in [1.165, 1.54) is 5.56 Å². The lowest BCUT2D eigenvalue weighted by molar-refractivity contribution is 0.0847. The summed E-state index contributed by atoms with van der Waals surface area (Å²) < 4.78 is 7.79. The van der Waals surface area contributed by atoms with E-state index < -0.39 is 0 Å². The molecule has 1 aliphatic heterocycles. The summed E-state index contributed by atoms with van der Waals surface area (Å²) in [7, 11) is 1.76. The van der Waals surface area contributed by atoms with Gasteiger partial charge in [-0.1, -0.05) is 20.8 Å². The first-order chi connectivity index (χ1) is 9.64. The van der Waals surface area contributed by atoms with E-state index in [2.05, 4.69) is 56.2 Å². The highest BCUT2D eigenvalue weighted by atomic mass is 16.5. The maximum atomic E-state index is 5.68. The van der Waals surface area contributed by atoms with Crippen LogP contribution in [-0.4, -0.2) is 40.4 Å². The maximum Gasteiger partial charge on any atom is 0.215 e. The standard InChI is InChI=1S/C17H31N3O/c1-16(2,3)14-12-18-20(15(14)21-7)13-8-10-19(11-9-13)17(4,5)6/h12-13H,8-11H2,1-7H3. The van der Waals surface area contributed by atoms with Gasteiger partial charge in [0.15, 0.2) is 0 Å². The van der Waals surface area contributed by atoms with Crippen LogP contribution in [0.5, 0.6) is 5.88 Å². The summed E-state index contributed by atoms with van der Waals surface area (Å²) in [4.78, 5) is 2.56. The van der Waals surface area contributed by atoms with E-state index in [-0.39, 0.29) is 11.0 Å². The lowest BCUT2D eigenvalue weighted by atomic mass is 9.89. The van der Waals surface area contributed by atoms with Crippen LogP contribution in [0, 0.1) is 0 Å². The van der Waals surface area contributed by atoms with Crippen LogP contribution in [0.2, 0.25) is 0 Å². The number of piperidine rings is 1. The van der Waals surface area contributed by atoms with E-state index in [1.54, 1.807) is 7.11 Å². The number of rotatable bonds is 2. The highest BCUT2D eigenvalue weighted by Gasteiger charge is 2.31. The molecule has 1 aliphatic rings. The third-order valence-electron chi connectivity index (χ3n) is 4.51. The van der Waals surface area contributed by atoms with Crippen molar-refractivity contribution in [3.8, 4) is 5.88 Å². The van der Waals surface area contributed by atoms with Crippen LogP contribution in [0.1, 0.15) is 66.0 Å². The van der Waals surface area contributed by atoms with E-state index in [9.17, 15) is 0 Å². The van der Waals surface area contributed by atoms with Gasteiger partial charge in [0.05, 0.1) is 19.3 Å². The first-order valence-electron chi connectivity index (χ1n) is 8.01. The van der Waals surface area contributed by atoms with Crippen molar-refractivity contribution in [2.45, 2.75) is 71.4 Å². The quantitative estimate of drug-likeness (QED) is 0.834. The van der Waals surface area contributed by atoms with E-state index in [1.807, 2.05) is 6.20 Å². The Hall–Kier alpha value is -1.03. The zero-order valence-electron chi connectivity index (χ0n) is 14.7. The molecule has 0 saturated carbocycles. The Morgan fingerprint density at radius 2 is 1.67 bits per heavy atom. The summed E-state index contributed by atoms with van der Waals surface area (Å²) in [6, 6.07) is 0.453. The molecule has 0 radical (unpaired) electrons. The predicted octanol–water partition coefficient (Wildman–Crippen LogP) is 3.62. The number of ether oxygens (including phenoxy) is 1. The Morgan fingerprint density at radius 1 is 1.10 bits per heavy atom. The molecule has 1 fully saturated rings. The van der Waals surface area contributed by atoms with Crippen molar-refractivity contribution in [2.75, 3.05) is 20.2 Å². The Balaban J connectivity index is 2.16. The molecule has 2 heterocycles. The second-order valence-electron chi connectivity index (χ2n) is 8.15. The van der Waals surface area contributed by atoms with Gasteiger partial charge < -0.3 is 4.74 Å². The van der Waals surface area contributed by atoms with Crippen molar-refractivity contribution in [1.82, 2.24) is 14.7 Å². The largest absolute Gasteiger partial charge is 0.481 e. The third-order valence-corrected chi connectivity index (χ3v) is 4.51. The summed E-state index contributed by atoms with van der Waals surface area (Å²) in [6.07, 6.45) is 4.26. The van der Waals surface area contributed by atoms with E-state index in [4.69, 9.17) is 4.74 Å². The van der Waals surface area contributed by atoms with Crippen molar-refractivity contribution in [3.05, 3.63) is 11.8 Å². The highest BCUT2D eigenvalue weighted by Crippen LogP contribution is 2.36. The molecule has 120 valence electrons. The van der Waals surface area contributed by atoms with Gasteiger partial charge in [-0.25, -0.2) is 4.68 Å². The molecule has 21 heavy (non-hydrogen) atoms. The summed E-state index contributed by atoms with van der Waals surface area (Å²) in [5.74, 6) is 0.941. The van der Waals surface area contributed by atoms with Gasteiger partial charge in [-0.2, -0.15) is 5.10 Å². The van der Waals surface area contributed by atoms with Crippen molar-refractivity contribution in [3.63, 3.8) is 0 Å². The Bertz CT molecular complexity index is 471. The SMILES string of the molecule is COc1c(C(C)(C)C)cnn1C1CCN(C(C)(C)C)CC1.